The quantitative estimate of drug-likeness (QED) is 0.141. The summed E-state index contributed by atoms with van der Waals surface area (Å²) in [6.07, 6.45) is 3.96. The fourth-order valence-corrected chi connectivity index (χ4v) is 3.95. The number of hydrogen-bond acceptors (Lipinski definition) is 5. The Labute approximate surface area is 212 Å². The molecular formula is C28H25BrN2O4. The predicted octanol–water partition coefficient (Wildman–Crippen LogP) is 6.67. The molecule has 1 N–H and O–H groups in total. The lowest BCUT2D eigenvalue weighted by atomic mass is 10.1. The summed E-state index contributed by atoms with van der Waals surface area (Å²) in [6, 6.07) is 21.0. The monoisotopic (exact) mass is 532 g/mol. The molecule has 0 aliphatic heterocycles. The number of allylic oxidation sites excluding steroid dienone is 1. The summed E-state index contributed by atoms with van der Waals surface area (Å²) >= 11 is 3.42. The SMILES string of the molecule is C=CCc1cc(/C=N/NC(=O)c2cc3cc(Br)ccc3o2)cc(OCC)c1OCc1ccccc1. The highest BCUT2D eigenvalue weighted by Crippen LogP contribution is 2.34. The molecule has 0 saturated heterocycles. The number of carbonyl (C=O) groups excluding carboxylic acids is 1. The van der Waals surface area contributed by atoms with Crippen LogP contribution in [0.1, 0.15) is 34.2 Å². The number of nitrogens with one attached hydrogen (secondary N) is 1. The number of nitrogens with zero attached hydrogens (tertiary/aromatic N) is 1. The van der Waals surface area contributed by atoms with Gasteiger partial charge in [-0.05, 0) is 60.9 Å². The van der Waals surface area contributed by atoms with Crippen LogP contribution in [-0.2, 0) is 13.0 Å². The molecule has 1 heterocycles. The van der Waals surface area contributed by atoms with Gasteiger partial charge in [0.15, 0.2) is 17.3 Å². The fourth-order valence-electron chi connectivity index (χ4n) is 3.57. The summed E-state index contributed by atoms with van der Waals surface area (Å²) < 4.78 is 18.5. The number of amides is 1. The lowest BCUT2D eigenvalue weighted by molar-refractivity contribution is 0.0929. The molecule has 0 spiro atoms. The van der Waals surface area contributed by atoms with E-state index in [2.05, 4.69) is 33.0 Å². The second-order valence-corrected chi connectivity index (χ2v) is 8.61. The number of furan rings is 1. The van der Waals surface area contributed by atoms with Crippen LogP contribution in [0.2, 0.25) is 0 Å². The van der Waals surface area contributed by atoms with Gasteiger partial charge in [-0.3, -0.25) is 4.79 Å². The largest absolute Gasteiger partial charge is 0.490 e. The molecular weight excluding hydrogens is 508 g/mol. The van der Waals surface area contributed by atoms with Crippen LogP contribution in [0.15, 0.2) is 93.4 Å². The zero-order valence-corrected chi connectivity index (χ0v) is 20.9. The maximum absolute atomic E-state index is 12.5. The Morgan fingerprint density at radius 3 is 2.71 bits per heavy atom. The molecule has 1 aromatic heterocycles. The minimum atomic E-state index is -0.437. The number of carbonyl (C=O) groups is 1. The summed E-state index contributed by atoms with van der Waals surface area (Å²) in [7, 11) is 0. The molecule has 0 bridgehead atoms. The summed E-state index contributed by atoms with van der Waals surface area (Å²) in [5.74, 6) is 1.03. The number of hydrazone groups is 1. The summed E-state index contributed by atoms with van der Waals surface area (Å²) in [5, 5.41) is 4.94. The minimum absolute atomic E-state index is 0.183. The second kappa shape index (κ2) is 11.5. The lowest BCUT2D eigenvalue weighted by Crippen LogP contribution is -2.16. The van der Waals surface area contributed by atoms with Gasteiger partial charge in [0.05, 0.1) is 12.8 Å². The molecule has 0 unspecified atom stereocenters. The van der Waals surface area contributed by atoms with E-state index in [1.165, 1.54) is 0 Å². The van der Waals surface area contributed by atoms with Gasteiger partial charge in [0, 0.05) is 15.4 Å². The molecule has 7 heteroatoms. The van der Waals surface area contributed by atoms with Crippen molar-refractivity contribution in [2.24, 2.45) is 5.10 Å². The second-order valence-electron chi connectivity index (χ2n) is 7.70. The molecule has 4 aromatic rings. The van der Waals surface area contributed by atoms with Crippen molar-refractivity contribution in [1.29, 1.82) is 0 Å². The normalized spacial score (nSPS) is 11.0. The lowest BCUT2D eigenvalue weighted by Gasteiger charge is -2.16. The Morgan fingerprint density at radius 1 is 1.11 bits per heavy atom. The third-order valence-electron chi connectivity index (χ3n) is 5.13. The molecule has 0 fully saturated rings. The van der Waals surface area contributed by atoms with Gasteiger partial charge in [0.2, 0.25) is 0 Å². The van der Waals surface area contributed by atoms with E-state index in [0.29, 0.717) is 36.7 Å². The summed E-state index contributed by atoms with van der Waals surface area (Å²) in [6.45, 7) is 6.68. The van der Waals surface area contributed by atoms with Crippen LogP contribution in [0.5, 0.6) is 11.5 Å². The van der Waals surface area contributed by atoms with Gasteiger partial charge in [0.25, 0.3) is 0 Å². The number of halogens is 1. The topological polar surface area (TPSA) is 73.1 Å². The van der Waals surface area contributed by atoms with E-state index in [1.54, 1.807) is 18.3 Å². The van der Waals surface area contributed by atoms with Gasteiger partial charge in [-0.25, -0.2) is 5.43 Å². The van der Waals surface area contributed by atoms with Crippen molar-refractivity contribution in [3.63, 3.8) is 0 Å². The Kier molecular flexibility index (Phi) is 8.00. The highest BCUT2D eigenvalue weighted by molar-refractivity contribution is 9.10. The van der Waals surface area contributed by atoms with E-state index >= 15 is 0 Å². The molecule has 0 aliphatic carbocycles. The molecule has 1 amide bonds. The number of rotatable bonds is 10. The zero-order chi connectivity index (χ0) is 24.6. The van der Waals surface area contributed by atoms with E-state index in [4.69, 9.17) is 13.9 Å². The van der Waals surface area contributed by atoms with Crippen molar-refractivity contribution < 1.29 is 18.7 Å². The van der Waals surface area contributed by atoms with Crippen molar-refractivity contribution >= 4 is 39.0 Å². The maximum Gasteiger partial charge on any atom is 0.307 e. The predicted molar refractivity (Wildman–Crippen MR) is 141 cm³/mol. The smallest absolute Gasteiger partial charge is 0.307 e. The first-order chi connectivity index (χ1) is 17.1. The molecule has 0 aliphatic rings. The number of fused-ring (bicyclic) bond motifs is 1. The molecule has 0 radical (unpaired) electrons. The van der Waals surface area contributed by atoms with E-state index < -0.39 is 5.91 Å². The van der Waals surface area contributed by atoms with E-state index in [0.717, 1.165) is 26.5 Å². The van der Waals surface area contributed by atoms with Crippen LogP contribution in [0.4, 0.5) is 0 Å². The molecule has 4 rings (SSSR count). The Balaban J connectivity index is 1.52. The van der Waals surface area contributed by atoms with Crippen LogP contribution >= 0.6 is 15.9 Å². The summed E-state index contributed by atoms with van der Waals surface area (Å²) in [4.78, 5) is 12.5. The summed E-state index contributed by atoms with van der Waals surface area (Å²) in [5.41, 5.74) is 5.88. The van der Waals surface area contributed by atoms with Crippen LogP contribution in [0.3, 0.4) is 0 Å². The Morgan fingerprint density at radius 2 is 1.94 bits per heavy atom. The first-order valence-electron chi connectivity index (χ1n) is 11.2. The van der Waals surface area contributed by atoms with Crippen molar-refractivity contribution in [2.45, 2.75) is 20.0 Å². The van der Waals surface area contributed by atoms with Gasteiger partial charge >= 0.3 is 5.91 Å². The number of benzene rings is 3. The van der Waals surface area contributed by atoms with Gasteiger partial charge < -0.3 is 13.9 Å². The van der Waals surface area contributed by atoms with Crippen molar-refractivity contribution in [2.75, 3.05) is 6.61 Å². The minimum Gasteiger partial charge on any atom is -0.490 e. The zero-order valence-electron chi connectivity index (χ0n) is 19.3. The third-order valence-corrected chi connectivity index (χ3v) is 5.62. The Bertz CT molecular complexity index is 1360. The molecule has 0 atom stereocenters. The van der Waals surface area contributed by atoms with E-state index in [1.807, 2.05) is 67.6 Å². The van der Waals surface area contributed by atoms with E-state index in [-0.39, 0.29) is 5.76 Å². The number of ether oxygens (including phenoxy) is 2. The first kappa shape index (κ1) is 24.3. The highest BCUT2D eigenvalue weighted by atomic mass is 79.9. The van der Waals surface area contributed by atoms with Gasteiger partial charge in [-0.2, -0.15) is 5.10 Å². The van der Waals surface area contributed by atoms with Crippen LogP contribution in [0, 0.1) is 0 Å². The Hall–Kier alpha value is -3.84. The molecule has 178 valence electrons. The molecule has 35 heavy (non-hydrogen) atoms. The average molecular weight is 533 g/mol. The van der Waals surface area contributed by atoms with Crippen molar-refractivity contribution in [3.8, 4) is 11.5 Å². The average Bonchev–Trinajstić information content (AvgIpc) is 3.28. The van der Waals surface area contributed by atoms with E-state index in [9.17, 15) is 4.79 Å². The molecule has 3 aromatic carbocycles. The fraction of sp³-hybridized carbons (Fsp3) is 0.143. The van der Waals surface area contributed by atoms with Crippen LogP contribution in [-0.4, -0.2) is 18.7 Å². The standard InChI is InChI=1S/C28H25BrN2O4/c1-3-8-21-13-20(14-25(33-4-2)27(21)34-18-19-9-6-5-7-10-19)17-30-31-28(32)26-16-22-15-23(29)11-12-24(22)35-26/h3,5-7,9-17H,1,4,8,18H2,2H3,(H,31,32)/b30-17+. The first-order valence-corrected chi connectivity index (χ1v) is 12.0. The maximum atomic E-state index is 12.5. The molecule has 6 nitrogen and oxygen atoms in total. The van der Waals surface area contributed by atoms with Crippen molar-refractivity contribution in [1.82, 2.24) is 5.43 Å². The van der Waals surface area contributed by atoms with Gasteiger partial charge in [-0.15, -0.1) is 6.58 Å². The van der Waals surface area contributed by atoms with Gasteiger partial charge in [0.1, 0.15) is 12.2 Å². The third kappa shape index (κ3) is 6.19. The van der Waals surface area contributed by atoms with Gasteiger partial charge in [-0.1, -0.05) is 52.3 Å². The van der Waals surface area contributed by atoms with Crippen molar-refractivity contribution in [3.05, 3.63) is 106 Å². The highest BCUT2D eigenvalue weighted by Gasteiger charge is 2.14. The van der Waals surface area contributed by atoms with Crippen LogP contribution < -0.4 is 14.9 Å². The molecule has 0 saturated carbocycles. The van der Waals surface area contributed by atoms with Crippen LogP contribution in [0.25, 0.3) is 11.0 Å². The number of hydrogen-bond donors (Lipinski definition) is 1.